The van der Waals surface area contributed by atoms with Crippen LogP contribution < -0.4 is 22.1 Å². The summed E-state index contributed by atoms with van der Waals surface area (Å²) < 4.78 is 29.5. The number of hydrogen-bond acceptors (Lipinski definition) is 9. The van der Waals surface area contributed by atoms with Crippen LogP contribution in [0.5, 0.6) is 0 Å². The molecular weight excluding hydrogens is 483 g/mol. The Kier molecular flexibility index (Phi) is 10.4. The number of H-pyrrole nitrogens is 1. The Morgan fingerprint density at radius 1 is 1.37 bits per heavy atom. The maximum Gasteiger partial charge on any atom is 0.403 e. The number of carbonyl (C=O) groups is 1. The zero-order valence-electron chi connectivity index (χ0n) is 20.5. The van der Waals surface area contributed by atoms with Crippen LogP contribution >= 0.6 is 7.75 Å². The summed E-state index contributed by atoms with van der Waals surface area (Å²) in [5, 5.41) is 12.8. The van der Waals surface area contributed by atoms with E-state index in [4.69, 9.17) is 19.7 Å². The molecule has 2 rings (SSSR count). The van der Waals surface area contributed by atoms with Crippen molar-refractivity contribution >= 4 is 13.7 Å². The Labute approximate surface area is 203 Å². The van der Waals surface area contributed by atoms with E-state index in [1.807, 2.05) is 13.8 Å². The zero-order valence-corrected chi connectivity index (χ0v) is 21.4. The highest BCUT2D eigenvalue weighted by atomic mass is 31.2. The number of aliphatic hydroxyl groups is 1. The van der Waals surface area contributed by atoms with Gasteiger partial charge in [-0.15, -0.1) is 0 Å². The van der Waals surface area contributed by atoms with Crippen molar-refractivity contribution in [3.8, 4) is 0 Å². The molecule has 6 N–H and O–H groups in total. The van der Waals surface area contributed by atoms with Gasteiger partial charge in [0, 0.05) is 18.2 Å². The Morgan fingerprint density at radius 2 is 2.00 bits per heavy atom. The number of aromatic amines is 1. The van der Waals surface area contributed by atoms with Gasteiger partial charge in [-0.3, -0.25) is 29.4 Å². The summed E-state index contributed by atoms with van der Waals surface area (Å²) in [4.78, 5) is 48.0. The minimum absolute atomic E-state index is 0.221. The fourth-order valence-electron chi connectivity index (χ4n) is 4.04. The van der Waals surface area contributed by atoms with Gasteiger partial charge in [-0.2, -0.15) is 0 Å². The third kappa shape index (κ3) is 7.81. The molecule has 0 aromatic carbocycles. The molecule has 2 heterocycles. The molecule has 0 radical (unpaired) electrons. The molecule has 1 unspecified atom stereocenters. The Hall–Kier alpha value is -1.86. The molecule has 0 spiro atoms. The molecule has 1 fully saturated rings. The normalized spacial score (nSPS) is 27.0. The molecule has 14 heteroatoms. The first kappa shape index (κ1) is 29.4. The van der Waals surface area contributed by atoms with Crippen molar-refractivity contribution < 1.29 is 33.4 Å². The fraction of sp³-hybridized carbons (Fsp3) is 0.762. The van der Waals surface area contributed by atoms with E-state index in [1.54, 1.807) is 6.92 Å². The lowest BCUT2D eigenvalue weighted by Gasteiger charge is -2.29. The second-order valence-electron chi connectivity index (χ2n) is 9.00. The first-order valence-corrected chi connectivity index (χ1v) is 13.3. The quantitative estimate of drug-likeness (QED) is 0.180. The molecule has 0 aliphatic carbocycles. The maximum absolute atomic E-state index is 12.5. The maximum atomic E-state index is 12.5. The third-order valence-corrected chi connectivity index (χ3v) is 7.14. The van der Waals surface area contributed by atoms with E-state index in [0.29, 0.717) is 0 Å². The minimum atomic E-state index is -4.56. The number of aliphatic hydroxyl groups excluding tert-OH is 1. The van der Waals surface area contributed by atoms with E-state index in [0.717, 1.165) is 36.3 Å². The van der Waals surface area contributed by atoms with Crippen LogP contribution in [0.15, 0.2) is 21.9 Å². The van der Waals surface area contributed by atoms with Crippen molar-refractivity contribution in [1.82, 2.24) is 14.6 Å². The zero-order chi connectivity index (χ0) is 26.4. The van der Waals surface area contributed by atoms with E-state index in [2.05, 4.69) is 10.1 Å². The predicted octanol–water partition coefficient (Wildman–Crippen LogP) is 0.572. The third-order valence-electron chi connectivity index (χ3n) is 5.94. The molecule has 1 aliphatic rings. The molecule has 1 aromatic rings. The van der Waals surface area contributed by atoms with Crippen LogP contribution in [0.25, 0.3) is 0 Å². The molecule has 200 valence electrons. The lowest BCUT2D eigenvalue weighted by atomic mass is 9.98. The van der Waals surface area contributed by atoms with Crippen LogP contribution in [0.1, 0.15) is 59.6 Å². The first-order valence-electron chi connectivity index (χ1n) is 11.7. The van der Waals surface area contributed by atoms with Gasteiger partial charge in [0.2, 0.25) is 0 Å². The van der Waals surface area contributed by atoms with E-state index >= 15 is 0 Å². The Balaban J connectivity index is 1.97. The van der Waals surface area contributed by atoms with E-state index in [-0.39, 0.29) is 12.5 Å². The number of aromatic nitrogens is 2. The predicted molar refractivity (Wildman–Crippen MR) is 126 cm³/mol. The van der Waals surface area contributed by atoms with Crippen molar-refractivity contribution in [3.05, 3.63) is 33.1 Å². The van der Waals surface area contributed by atoms with Gasteiger partial charge >= 0.3 is 19.4 Å². The van der Waals surface area contributed by atoms with Crippen molar-refractivity contribution in [3.63, 3.8) is 0 Å². The van der Waals surface area contributed by atoms with Crippen molar-refractivity contribution in [2.24, 2.45) is 17.6 Å². The summed E-state index contributed by atoms with van der Waals surface area (Å²) in [5.74, 6) is -1.21. The summed E-state index contributed by atoms with van der Waals surface area (Å²) in [5.41, 5.74) is 2.78. The highest BCUT2D eigenvalue weighted by Gasteiger charge is 2.52. The van der Waals surface area contributed by atoms with Crippen LogP contribution in [-0.4, -0.2) is 56.6 Å². The van der Waals surface area contributed by atoms with Crippen molar-refractivity contribution in [1.29, 1.82) is 0 Å². The standard InChI is InChI=1S/C21H37N4O9P/c1-5-7-15(8-6-2)11-32-19(28)14(4)24-35(30,31)33-12-21(22)17(27)13(3)18(34-21)25-10-9-16(26)23-20(25)29/h9-10,13-15,17-18,27H,5-8,11-12,22H2,1-4H3,(H,23,26,29)(H2,24,30,31)/t13-,14-,17-,18+,21+/m0/s1. The smallest absolute Gasteiger partial charge is 0.403 e. The SMILES string of the molecule is CCCC(CCC)COC(=O)[C@H](C)NP(=O)(O)OC[C@@]1(N)O[C@@H](n2ccc(=O)[nH]c2=O)[C@@H](C)[C@@H]1O. The summed E-state index contributed by atoms with van der Waals surface area (Å²) in [6.07, 6.45) is 2.48. The molecule has 6 atom stereocenters. The second kappa shape index (κ2) is 12.4. The first-order chi connectivity index (χ1) is 16.3. The second-order valence-corrected chi connectivity index (χ2v) is 10.6. The largest absolute Gasteiger partial charge is 0.464 e. The Morgan fingerprint density at radius 3 is 2.57 bits per heavy atom. The van der Waals surface area contributed by atoms with Gasteiger partial charge < -0.3 is 19.5 Å². The van der Waals surface area contributed by atoms with E-state index in [1.165, 1.54) is 13.1 Å². The molecular formula is C21H37N4O9P. The molecule has 13 nitrogen and oxygen atoms in total. The van der Waals surface area contributed by atoms with Gasteiger partial charge in [0.15, 0.2) is 5.72 Å². The summed E-state index contributed by atoms with van der Waals surface area (Å²) >= 11 is 0. The summed E-state index contributed by atoms with van der Waals surface area (Å²) in [7, 11) is -4.56. The lowest BCUT2D eigenvalue weighted by molar-refractivity contribution is -0.147. The number of carbonyl (C=O) groups excluding carboxylic acids is 1. The van der Waals surface area contributed by atoms with Crippen LogP contribution in [-0.2, 0) is 23.4 Å². The van der Waals surface area contributed by atoms with Gasteiger partial charge in [-0.25, -0.2) is 14.4 Å². The molecule has 1 saturated heterocycles. The van der Waals surface area contributed by atoms with Crippen LogP contribution in [0.4, 0.5) is 0 Å². The van der Waals surface area contributed by atoms with Crippen molar-refractivity contribution in [2.45, 2.75) is 77.5 Å². The molecule has 1 aliphatic heterocycles. The average Bonchev–Trinajstić information content (AvgIpc) is 3.00. The number of esters is 1. The van der Waals surface area contributed by atoms with Crippen LogP contribution in [0, 0.1) is 11.8 Å². The van der Waals surface area contributed by atoms with Crippen LogP contribution in [0.3, 0.4) is 0 Å². The number of ether oxygens (including phenoxy) is 2. The summed E-state index contributed by atoms with van der Waals surface area (Å²) in [6.45, 7) is 6.50. The highest BCUT2D eigenvalue weighted by Crippen LogP contribution is 2.43. The average molecular weight is 521 g/mol. The molecule has 0 bridgehead atoms. The monoisotopic (exact) mass is 520 g/mol. The highest BCUT2D eigenvalue weighted by molar-refractivity contribution is 7.50. The number of hydrogen-bond donors (Lipinski definition) is 5. The molecule has 1 aromatic heterocycles. The van der Waals surface area contributed by atoms with Gasteiger partial charge in [0.25, 0.3) is 5.56 Å². The number of nitrogens with zero attached hydrogens (tertiary/aromatic N) is 1. The van der Waals surface area contributed by atoms with Gasteiger partial charge in [0.05, 0.1) is 6.61 Å². The lowest BCUT2D eigenvalue weighted by Crippen LogP contribution is -2.53. The Bertz CT molecular complexity index is 1010. The summed E-state index contributed by atoms with van der Waals surface area (Å²) in [6, 6.07) is -0.0418. The van der Waals surface area contributed by atoms with E-state index in [9.17, 15) is 28.9 Å². The van der Waals surface area contributed by atoms with Gasteiger partial charge in [-0.1, -0.05) is 33.6 Å². The molecule has 0 amide bonds. The van der Waals surface area contributed by atoms with E-state index < -0.39 is 61.6 Å². The van der Waals surface area contributed by atoms with Crippen molar-refractivity contribution in [2.75, 3.05) is 13.2 Å². The molecule has 35 heavy (non-hydrogen) atoms. The van der Waals surface area contributed by atoms with Gasteiger partial charge in [0.1, 0.15) is 25.0 Å². The number of nitrogens with two attached hydrogens (primary N) is 1. The fourth-order valence-corrected chi connectivity index (χ4v) is 5.08. The molecule has 0 saturated carbocycles. The minimum Gasteiger partial charge on any atom is -0.464 e. The van der Waals surface area contributed by atoms with Gasteiger partial charge in [-0.05, 0) is 25.7 Å². The van der Waals surface area contributed by atoms with Crippen LogP contribution in [0.2, 0.25) is 0 Å². The topological polar surface area (TPSA) is 195 Å². The number of rotatable bonds is 13. The number of nitrogens with one attached hydrogen (secondary N) is 2.